The molecule has 0 amide bonds. The van der Waals surface area contributed by atoms with E-state index >= 15 is 0 Å². The van der Waals surface area contributed by atoms with E-state index in [0.29, 0.717) is 6.54 Å². The zero-order valence-corrected chi connectivity index (χ0v) is 12.7. The molecule has 0 atom stereocenters. The van der Waals surface area contributed by atoms with Crippen LogP contribution in [0.5, 0.6) is 0 Å². The van der Waals surface area contributed by atoms with Gasteiger partial charge in [-0.1, -0.05) is 19.1 Å². The van der Waals surface area contributed by atoms with Crippen molar-refractivity contribution in [2.75, 3.05) is 13.1 Å². The molecule has 0 saturated heterocycles. The number of nitrogens with one attached hydrogen (secondary N) is 2. The van der Waals surface area contributed by atoms with Crippen molar-refractivity contribution in [2.45, 2.75) is 31.7 Å². The van der Waals surface area contributed by atoms with Crippen molar-refractivity contribution < 1.29 is 8.42 Å². The van der Waals surface area contributed by atoms with Gasteiger partial charge in [0.05, 0.1) is 11.4 Å². The highest BCUT2D eigenvalue weighted by Gasteiger charge is 2.06. The third-order valence-corrected chi connectivity index (χ3v) is 3.49. The predicted molar refractivity (Wildman–Crippen MR) is 80.9 cm³/mol. The first kappa shape index (κ1) is 16.5. The minimum absolute atomic E-state index is 0.112. The summed E-state index contributed by atoms with van der Waals surface area (Å²) in [4.78, 5) is 4.54. The number of rotatable bonds is 6. The number of aliphatic imine (C=N–C) groups is 1. The average Bonchev–Trinajstić information content (AvgIpc) is 2.41. The predicted octanol–water partition coefficient (Wildman–Crippen LogP) is 0.799. The molecule has 4 N–H and O–H groups in total. The van der Waals surface area contributed by atoms with E-state index < -0.39 is 10.0 Å². The molecule has 7 heteroatoms. The smallest absolute Gasteiger partial charge is 0.238 e. The summed E-state index contributed by atoms with van der Waals surface area (Å²) in [6.07, 6.45) is 1.02. The minimum atomic E-state index is -3.63. The van der Waals surface area contributed by atoms with E-state index in [9.17, 15) is 8.42 Å². The molecule has 112 valence electrons. The Morgan fingerprint density at radius 3 is 2.35 bits per heavy atom. The van der Waals surface area contributed by atoms with Gasteiger partial charge in [-0.05, 0) is 31.0 Å². The van der Waals surface area contributed by atoms with E-state index in [1.807, 2.05) is 6.92 Å². The normalized spacial score (nSPS) is 12.2. The highest BCUT2D eigenvalue weighted by Crippen LogP contribution is 2.09. The number of hydrogen-bond donors (Lipinski definition) is 3. The van der Waals surface area contributed by atoms with Crippen molar-refractivity contribution in [3.05, 3.63) is 29.8 Å². The van der Waals surface area contributed by atoms with Gasteiger partial charge in [-0.25, -0.2) is 18.5 Å². The van der Waals surface area contributed by atoms with Crippen molar-refractivity contribution in [2.24, 2.45) is 10.1 Å². The van der Waals surface area contributed by atoms with Crippen molar-refractivity contribution in [3.8, 4) is 0 Å². The van der Waals surface area contributed by atoms with E-state index in [0.717, 1.165) is 31.0 Å². The van der Waals surface area contributed by atoms with E-state index in [1.165, 1.54) is 12.1 Å². The topological polar surface area (TPSA) is 96.6 Å². The van der Waals surface area contributed by atoms with Gasteiger partial charge >= 0.3 is 0 Å². The van der Waals surface area contributed by atoms with Crippen LogP contribution in [0.4, 0.5) is 0 Å². The monoisotopic (exact) mass is 298 g/mol. The Hall–Kier alpha value is -1.60. The van der Waals surface area contributed by atoms with Crippen molar-refractivity contribution >= 4 is 16.0 Å². The number of guanidine groups is 1. The lowest BCUT2D eigenvalue weighted by molar-refractivity contribution is 0.598. The Bertz CT molecular complexity index is 538. The number of hydrogen-bond acceptors (Lipinski definition) is 3. The van der Waals surface area contributed by atoms with E-state index in [4.69, 9.17) is 5.14 Å². The summed E-state index contributed by atoms with van der Waals surface area (Å²) in [5.41, 5.74) is 0.922. The molecular formula is C13H22N4O2S. The SMILES string of the molecule is CCCNC(=NCc1ccc(S(N)(=O)=O)cc1)NCC. The molecule has 0 aliphatic heterocycles. The zero-order valence-electron chi connectivity index (χ0n) is 11.9. The standard InChI is InChI=1S/C13H22N4O2S/c1-3-9-16-13(15-4-2)17-10-11-5-7-12(8-6-11)20(14,18)19/h5-8H,3-4,9-10H2,1-2H3,(H2,14,18,19)(H2,15,16,17). The number of nitrogens with zero attached hydrogens (tertiary/aromatic N) is 1. The van der Waals surface area contributed by atoms with E-state index in [2.05, 4.69) is 22.5 Å². The Labute approximate surface area is 120 Å². The molecule has 0 aromatic heterocycles. The van der Waals surface area contributed by atoms with Crippen LogP contribution in [-0.4, -0.2) is 27.5 Å². The molecular weight excluding hydrogens is 276 g/mol. The molecule has 0 radical (unpaired) electrons. The van der Waals surface area contributed by atoms with Crippen LogP contribution < -0.4 is 15.8 Å². The zero-order chi connectivity index (χ0) is 15.0. The lowest BCUT2D eigenvalue weighted by Crippen LogP contribution is -2.37. The first-order valence-electron chi connectivity index (χ1n) is 6.61. The fraction of sp³-hybridized carbons (Fsp3) is 0.462. The summed E-state index contributed by atoms with van der Waals surface area (Å²) < 4.78 is 22.3. The molecule has 0 spiro atoms. The fourth-order valence-electron chi connectivity index (χ4n) is 1.54. The quantitative estimate of drug-likeness (QED) is 0.534. The van der Waals surface area contributed by atoms with Crippen LogP contribution >= 0.6 is 0 Å². The Morgan fingerprint density at radius 1 is 1.20 bits per heavy atom. The second-order valence-electron chi connectivity index (χ2n) is 4.31. The van der Waals surface area contributed by atoms with Crippen LogP contribution in [0, 0.1) is 0 Å². The maximum absolute atomic E-state index is 11.1. The maximum atomic E-state index is 11.1. The van der Waals surface area contributed by atoms with Gasteiger partial charge in [0.25, 0.3) is 0 Å². The average molecular weight is 298 g/mol. The Kier molecular flexibility index (Phi) is 6.47. The summed E-state index contributed by atoms with van der Waals surface area (Å²) >= 11 is 0. The van der Waals surface area contributed by atoms with Crippen molar-refractivity contribution in [3.63, 3.8) is 0 Å². The Balaban J connectivity index is 2.71. The summed E-state index contributed by atoms with van der Waals surface area (Å²) in [6, 6.07) is 6.42. The third-order valence-electron chi connectivity index (χ3n) is 2.56. The molecule has 0 aliphatic carbocycles. The van der Waals surface area contributed by atoms with Crippen LogP contribution in [0.2, 0.25) is 0 Å². The first-order chi connectivity index (χ1) is 9.47. The fourth-order valence-corrected chi connectivity index (χ4v) is 2.06. The van der Waals surface area contributed by atoms with Crippen LogP contribution in [0.15, 0.2) is 34.2 Å². The number of benzene rings is 1. The number of sulfonamides is 1. The van der Waals surface area contributed by atoms with Crippen molar-refractivity contribution in [1.82, 2.24) is 10.6 Å². The van der Waals surface area contributed by atoms with E-state index in [1.54, 1.807) is 12.1 Å². The molecule has 0 fully saturated rings. The lowest BCUT2D eigenvalue weighted by Gasteiger charge is -2.10. The minimum Gasteiger partial charge on any atom is -0.357 e. The second kappa shape index (κ2) is 7.86. The van der Waals surface area contributed by atoms with Gasteiger partial charge in [0.2, 0.25) is 10.0 Å². The molecule has 0 saturated carbocycles. The van der Waals surface area contributed by atoms with Gasteiger partial charge in [0.15, 0.2) is 5.96 Å². The maximum Gasteiger partial charge on any atom is 0.238 e. The molecule has 1 aromatic carbocycles. The van der Waals surface area contributed by atoms with Crippen LogP contribution in [-0.2, 0) is 16.6 Å². The van der Waals surface area contributed by atoms with Crippen LogP contribution in [0.1, 0.15) is 25.8 Å². The van der Waals surface area contributed by atoms with Gasteiger partial charge < -0.3 is 10.6 Å². The number of nitrogens with two attached hydrogens (primary N) is 1. The second-order valence-corrected chi connectivity index (χ2v) is 5.87. The first-order valence-corrected chi connectivity index (χ1v) is 8.16. The van der Waals surface area contributed by atoms with Crippen LogP contribution in [0.25, 0.3) is 0 Å². The molecule has 1 rings (SSSR count). The molecule has 0 heterocycles. The summed E-state index contributed by atoms with van der Waals surface area (Å²) in [7, 11) is -3.63. The summed E-state index contributed by atoms with van der Waals surface area (Å²) in [5, 5.41) is 11.4. The summed E-state index contributed by atoms with van der Waals surface area (Å²) in [6.45, 7) is 6.21. The lowest BCUT2D eigenvalue weighted by atomic mass is 10.2. The molecule has 6 nitrogen and oxygen atoms in total. The molecule has 0 aliphatic rings. The Morgan fingerprint density at radius 2 is 1.85 bits per heavy atom. The molecule has 0 unspecified atom stereocenters. The molecule has 0 bridgehead atoms. The highest BCUT2D eigenvalue weighted by atomic mass is 32.2. The summed E-state index contributed by atoms with van der Waals surface area (Å²) in [5.74, 6) is 0.755. The van der Waals surface area contributed by atoms with Gasteiger partial charge in [0, 0.05) is 13.1 Å². The van der Waals surface area contributed by atoms with Gasteiger partial charge in [-0.15, -0.1) is 0 Å². The number of primary sulfonamides is 1. The van der Waals surface area contributed by atoms with Gasteiger partial charge in [-0.3, -0.25) is 0 Å². The largest absolute Gasteiger partial charge is 0.357 e. The van der Waals surface area contributed by atoms with E-state index in [-0.39, 0.29) is 4.90 Å². The van der Waals surface area contributed by atoms with Crippen LogP contribution in [0.3, 0.4) is 0 Å². The molecule has 1 aromatic rings. The van der Waals surface area contributed by atoms with Crippen molar-refractivity contribution in [1.29, 1.82) is 0 Å². The van der Waals surface area contributed by atoms with Gasteiger partial charge in [0.1, 0.15) is 0 Å². The molecule has 20 heavy (non-hydrogen) atoms. The van der Waals surface area contributed by atoms with Gasteiger partial charge in [-0.2, -0.15) is 0 Å². The third kappa shape index (κ3) is 5.58. The highest BCUT2D eigenvalue weighted by molar-refractivity contribution is 7.89.